The number of hydrogen-bond acceptors (Lipinski definition) is 2. The van der Waals surface area contributed by atoms with Crippen LogP contribution in [0.4, 0.5) is 0 Å². The second-order valence-electron chi connectivity index (χ2n) is 6.70. The van der Waals surface area contributed by atoms with Crippen molar-refractivity contribution in [2.24, 2.45) is 5.92 Å². The lowest BCUT2D eigenvalue weighted by atomic mass is 9.93. The maximum atomic E-state index is 2.43. The third-order valence-corrected chi connectivity index (χ3v) is 4.53. The van der Waals surface area contributed by atoms with Gasteiger partial charge in [-0.2, -0.15) is 0 Å². The van der Waals surface area contributed by atoms with E-state index in [2.05, 4.69) is 58.8 Å². The summed E-state index contributed by atoms with van der Waals surface area (Å²) in [5.74, 6) is 0.854. The molecule has 0 aliphatic carbocycles. The first-order chi connectivity index (χ1) is 8.92. The summed E-state index contributed by atoms with van der Waals surface area (Å²) in [6.07, 6.45) is 9.36. The van der Waals surface area contributed by atoms with E-state index in [-0.39, 0.29) is 0 Å². The van der Waals surface area contributed by atoms with Gasteiger partial charge in [-0.1, -0.05) is 40.0 Å². The van der Waals surface area contributed by atoms with Crippen LogP contribution < -0.4 is 0 Å². The molecule has 0 radical (unpaired) electrons. The van der Waals surface area contributed by atoms with Crippen LogP contribution in [0.15, 0.2) is 0 Å². The van der Waals surface area contributed by atoms with Gasteiger partial charge in [-0.3, -0.25) is 0 Å². The summed E-state index contributed by atoms with van der Waals surface area (Å²) in [5.41, 5.74) is 0. The normalized spacial score (nSPS) is 16.9. The fourth-order valence-corrected chi connectivity index (χ4v) is 2.80. The van der Waals surface area contributed by atoms with Crippen molar-refractivity contribution >= 4 is 0 Å². The summed E-state index contributed by atoms with van der Waals surface area (Å²) < 4.78 is 0. The first-order valence-corrected chi connectivity index (χ1v) is 8.25. The quantitative estimate of drug-likeness (QED) is 0.554. The lowest BCUT2D eigenvalue weighted by Crippen LogP contribution is -2.31. The Hall–Kier alpha value is -0.0800. The minimum absolute atomic E-state index is 0.763. The van der Waals surface area contributed by atoms with Gasteiger partial charge in [0.25, 0.3) is 0 Å². The highest BCUT2D eigenvalue weighted by atomic mass is 15.1. The SMILES string of the molecule is CCCC(CCCC(CC(C)CC)N(C)C)N(C)C. The first-order valence-electron chi connectivity index (χ1n) is 8.25. The Morgan fingerprint density at radius 2 is 1.32 bits per heavy atom. The van der Waals surface area contributed by atoms with Crippen LogP contribution in [0.25, 0.3) is 0 Å². The van der Waals surface area contributed by atoms with Gasteiger partial charge in [0.2, 0.25) is 0 Å². The van der Waals surface area contributed by atoms with Gasteiger partial charge >= 0.3 is 0 Å². The number of hydrogen-bond donors (Lipinski definition) is 0. The fourth-order valence-electron chi connectivity index (χ4n) is 2.80. The van der Waals surface area contributed by atoms with E-state index >= 15 is 0 Å². The van der Waals surface area contributed by atoms with Gasteiger partial charge in [-0.25, -0.2) is 0 Å². The molecule has 116 valence electrons. The van der Waals surface area contributed by atoms with Crippen molar-refractivity contribution in [3.05, 3.63) is 0 Å². The molecular weight excluding hydrogens is 232 g/mol. The van der Waals surface area contributed by atoms with Crippen LogP contribution in [-0.4, -0.2) is 50.1 Å². The topological polar surface area (TPSA) is 6.48 Å². The zero-order valence-electron chi connectivity index (χ0n) is 14.6. The van der Waals surface area contributed by atoms with Crippen LogP contribution in [0, 0.1) is 5.92 Å². The molecular formula is C17H38N2. The molecule has 0 N–H and O–H groups in total. The minimum Gasteiger partial charge on any atom is -0.306 e. The standard InChI is InChI=1S/C17H38N2/c1-8-11-16(18(4)5)12-10-13-17(19(6)7)14-15(3)9-2/h15-17H,8-14H2,1-7H3. The van der Waals surface area contributed by atoms with Crippen LogP contribution >= 0.6 is 0 Å². The lowest BCUT2D eigenvalue weighted by Gasteiger charge is -2.29. The molecule has 0 aliphatic rings. The molecule has 0 aromatic carbocycles. The molecule has 2 heteroatoms. The second kappa shape index (κ2) is 10.7. The Bertz CT molecular complexity index is 201. The van der Waals surface area contributed by atoms with Crippen molar-refractivity contribution in [3.8, 4) is 0 Å². The van der Waals surface area contributed by atoms with E-state index in [9.17, 15) is 0 Å². The third-order valence-electron chi connectivity index (χ3n) is 4.53. The highest BCUT2D eigenvalue weighted by Crippen LogP contribution is 2.19. The van der Waals surface area contributed by atoms with Crippen LogP contribution in [-0.2, 0) is 0 Å². The Kier molecular flexibility index (Phi) is 10.6. The molecule has 19 heavy (non-hydrogen) atoms. The minimum atomic E-state index is 0.763. The Morgan fingerprint density at radius 3 is 1.74 bits per heavy atom. The zero-order valence-corrected chi connectivity index (χ0v) is 14.6. The molecule has 0 fully saturated rings. The van der Waals surface area contributed by atoms with E-state index in [1.54, 1.807) is 0 Å². The molecule has 0 saturated carbocycles. The largest absolute Gasteiger partial charge is 0.306 e. The summed E-state index contributed by atoms with van der Waals surface area (Å²) in [6.45, 7) is 6.99. The maximum Gasteiger partial charge on any atom is 0.00917 e. The van der Waals surface area contributed by atoms with E-state index in [0.29, 0.717) is 0 Å². The highest BCUT2D eigenvalue weighted by molar-refractivity contribution is 4.72. The van der Waals surface area contributed by atoms with Crippen LogP contribution in [0.2, 0.25) is 0 Å². The molecule has 0 bridgehead atoms. The summed E-state index contributed by atoms with van der Waals surface area (Å²) in [4.78, 5) is 4.83. The highest BCUT2D eigenvalue weighted by Gasteiger charge is 2.16. The fraction of sp³-hybridized carbons (Fsp3) is 1.00. The van der Waals surface area contributed by atoms with Gasteiger partial charge in [0, 0.05) is 12.1 Å². The monoisotopic (exact) mass is 270 g/mol. The molecule has 0 spiro atoms. The molecule has 3 unspecified atom stereocenters. The molecule has 0 amide bonds. The second-order valence-corrected chi connectivity index (χ2v) is 6.70. The lowest BCUT2D eigenvalue weighted by molar-refractivity contribution is 0.211. The average molecular weight is 271 g/mol. The van der Waals surface area contributed by atoms with Crippen molar-refractivity contribution in [2.75, 3.05) is 28.2 Å². The molecule has 0 heterocycles. The van der Waals surface area contributed by atoms with Crippen molar-refractivity contribution in [3.63, 3.8) is 0 Å². The molecule has 0 rings (SSSR count). The molecule has 0 saturated heterocycles. The molecule has 0 aromatic heterocycles. The van der Waals surface area contributed by atoms with E-state index in [0.717, 1.165) is 18.0 Å². The zero-order chi connectivity index (χ0) is 14.8. The average Bonchev–Trinajstić information content (AvgIpc) is 2.35. The van der Waals surface area contributed by atoms with E-state index < -0.39 is 0 Å². The van der Waals surface area contributed by atoms with Crippen molar-refractivity contribution < 1.29 is 0 Å². The van der Waals surface area contributed by atoms with E-state index in [4.69, 9.17) is 0 Å². The third kappa shape index (κ3) is 8.65. The Morgan fingerprint density at radius 1 is 0.789 bits per heavy atom. The molecule has 0 aliphatic heterocycles. The van der Waals surface area contributed by atoms with Gasteiger partial charge in [-0.05, 0) is 59.8 Å². The number of rotatable bonds is 11. The molecule has 2 nitrogen and oxygen atoms in total. The summed E-state index contributed by atoms with van der Waals surface area (Å²) in [5, 5.41) is 0. The van der Waals surface area contributed by atoms with Crippen LogP contribution in [0.3, 0.4) is 0 Å². The summed E-state index contributed by atoms with van der Waals surface area (Å²) >= 11 is 0. The van der Waals surface area contributed by atoms with Gasteiger partial charge in [0.1, 0.15) is 0 Å². The Balaban J connectivity index is 4.10. The van der Waals surface area contributed by atoms with Gasteiger partial charge in [0.15, 0.2) is 0 Å². The van der Waals surface area contributed by atoms with Crippen molar-refractivity contribution in [1.82, 2.24) is 9.80 Å². The number of nitrogens with zero attached hydrogens (tertiary/aromatic N) is 2. The van der Waals surface area contributed by atoms with Crippen molar-refractivity contribution in [1.29, 1.82) is 0 Å². The van der Waals surface area contributed by atoms with Gasteiger partial charge < -0.3 is 9.80 Å². The van der Waals surface area contributed by atoms with Crippen molar-refractivity contribution in [2.45, 2.75) is 77.8 Å². The predicted molar refractivity (Wildman–Crippen MR) is 87.8 cm³/mol. The maximum absolute atomic E-state index is 2.43. The van der Waals surface area contributed by atoms with Crippen LogP contribution in [0.1, 0.15) is 65.7 Å². The molecule has 0 aromatic rings. The summed E-state index contributed by atoms with van der Waals surface area (Å²) in [7, 11) is 8.93. The molecule has 3 atom stereocenters. The summed E-state index contributed by atoms with van der Waals surface area (Å²) in [6, 6.07) is 1.54. The Labute approximate surface area is 122 Å². The first kappa shape index (κ1) is 18.9. The smallest absolute Gasteiger partial charge is 0.00917 e. The van der Waals surface area contributed by atoms with Crippen LogP contribution in [0.5, 0.6) is 0 Å². The van der Waals surface area contributed by atoms with E-state index in [1.807, 2.05) is 0 Å². The van der Waals surface area contributed by atoms with Gasteiger partial charge in [-0.15, -0.1) is 0 Å². The predicted octanol–water partition coefficient (Wildman–Crippen LogP) is 4.25. The van der Waals surface area contributed by atoms with Gasteiger partial charge in [0.05, 0.1) is 0 Å². The van der Waals surface area contributed by atoms with E-state index in [1.165, 1.54) is 44.9 Å².